The molecule has 2 rings (SSSR count). The van der Waals surface area contributed by atoms with Crippen LogP contribution < -0.4 is 5.73 Å². The summed E-state index contributed by atoms with van der Waals surface area (Å²) in [6.07, 6.45) is 0. The number of amides is 1. The standard InChI is InChI=1S/C18H22N2O/c1-3-20(13-16-12-8-7-9-14(16)2)18(21)17(19)15-10-5-4-6-11-15/h4-12,17H,3,13,19H2,1-2H3/t17-/m0/s1. The van der Waals surface area contributed by atoms with Gasteiger partial charge >= 0.3 is 0 Å². The van der Waals surface area contributed by atoms with Gasteiger partial charge in [0.05, 0.1) is 0 Å². The Bertz CT molecular complexity index is 595. The fraction of sp³-hybridized carbons (Fsp3) is 0.278. The molecular weight excluding hydrogens is 260 g/mol. The Morgan fingerprint density at radius 3 is 2.33 bits per heavy atom. The maximum absolute atomic E-state index is 12.6. The Hall–Kier alpha value is -2.13. The van der Waals surface area contributed by atoms with Crippen LogP contribution in [-0.2, 0) is 11.3 Å². The highest BCUT2D eigenvalue weighted by molar-refractivity contribution is 5.83. The van der Waals surface area contributed by atoms with Crippen LogP contribution in [-0.4, -0.2) is 17.4 Å². The third-order valence-electron chi connectivity index (χ3n) is 3.74. The second-order valence-electron chi connectivity index (χ2n) is 5.17. The topological polar surface area (TPSA) is 46.3 Å². The van der Waals surface area contributed by atoms with E-state index in [9.17, 15) is 4.79 Å². The fourth-order valence-corrected chi connectivity index (χ4v) is 2.34. The van der Waals surface area contributed by atoms with E-state index < -0.39 is 6.04 Å². The minimum atomic E-state index is -0.602. The first-order valence-electron chi connectivity index (χ1n) is 7.27. The van der Waals surface area contributed by atoms with Crippen molar-refractivity contribution in [2.24, 2.45) is 5.73 Å². The first-order valence-corrected chi connectivity index (χ1v) is 7.27. The third-order valence-corrected chi connectivity index (χ3v) is 3.74. The Morgan fingerprint density at radius 2 is 1.71 bits per heavy atom. The van der Waals surface area contributed by atoms with Gasteiger partial charge in [-0.05, 0) is 30.5 Å². The molecule has 110 valence electrons. The minimum Gasteiger partial charge on any atom is -0.337 e. The lowest BCUT2D eigenvalue weighted by Gasteiger charge is -2.25. The second-order valence-corrected chi connectivity index (χ2v) is 5.17. The predicted octanol–water partition coefficient (Wildman–Crippen LogP) is 3.04. The second kappa shape index (κ2) is 7.04. The molecule has 0 aliphatic rings. The van der Waals surface area contributed by atoms with Gasteiger partial charge in [-0.3, -0.25) is 4.79 Å². The van der Waals surface area contributed by atoms with Crippen LogP contribution in [0.4, 0.5) is 0 Å². The van der Waals surface area contributed by atoms with Crippen molar-refractivity contribution in [1.29, 1.82) is 0 Å². The maximum Gasteiger partial charge on any atom is 0.244 e. The Balaban J connectivity index is 2.14. The number of rotatable bonds is 5. The monoisotopic (exact) mass is 282 g/mol. The molecule has 2 N–H and O–H groups in total. The summed E-state index contributed by atoms with van der Waals surface area (Å²) in [4.78, 5) is 14.4. The lowest BCUT2D eigenvalue weighted by molar-refractivity contribution is -0.133. The van der Waals surface area contributed by atoms with Crippen LogP contribution in [0, 0.1) is 6.92 Å². The van der Waals surface area contributed by atoms with E-state index in [1.54, 1.807) is 4.90 Å². The first kappa shape index (κ1) is 15.3. The van der Waals surface area contributed by atoms with Gasteiger partial charge in [-0.1, -0.05) is 54.6 Å². The van der Waals surface area contributed by atoms with Crippen LogP contribution in [0.1, 0.15) is 29.7 Å². The van der Waals surface area contributed by atoms with Gasteiger partial charge < -0.3 is 10.6 Å². The Morgan fingerprint density at radius 1 is 1.10 bits per heavy atom. The summed E-state index contributed by atoms with van der Waals surface area (Å²) in [7, 11) is 0. The van der Waals surface area contributed by atoms with E-state index in [4.69, 9.17) is 5.73 Å². The van der Waals surface area contributed by atoms with Gasteiger partial charge in [0.1, 0.15) is 6.04 Å². The van der Waals surface area contributed by atoms with Crippen molar-refractivity contribution in [2.45, 2.75) is 26.4 Å². The molecule has 0 aliphatic carbocycles. The largest absolute Gasteiger partial charge is 0.337 e. The molecule has 0 spiro atoms. The van der Waals surface area contributed by atoms with Crippen LogP contribution in [0.15, 0.2) is 54.6 Å². The van der Waals surface area contributed by atoms with Crippen molar-refractivity contribution in [2.75, 3.05) is 6.54 Å². The van der Waals surface area contributed by atoms with Crippen molar-refractivity contribution >= 4 is 5.91 Å². The van der Waals surface area contributed by atoms with Gasteiger partial charge in [0.25, 0.3) is 0 Å². The summed E-state index contributed by atoms with van der Waals surface area (Å²) in [5.41, 5.74) is 9.32. The Kier molecular flexibility index (Phi) is 5.12. The van der Waals surface area contributed by atoms with Crippen LogP contribution >= 0.6 is 0 Å². The minimum absolute atomic E-state index is 0.0352. The molecule has 2 aromatic rings. The molecule has 0 unspecified atom stereocenters. The summed E-state index contributed by atoms with van der Waals surface area (Å²) in [6.45, 7) is 5.29. The molecule has 3 heteroatoms. The van der Waals surface area contributed by atoms with Crippen molar-refractivity contribution in [3.8, 4) is 0 Å². The number of hydrogen-bond acceptors (Lipinski definition) is 2. The summed E-state index contributed by atoms with van der Waals surface area (Å²) < 4.78 is 0. The molecule has 0 radical (unpaired) electrons. The molecule has 0 aliphatic heterocycles. The fourth-order valence-electron chi connectivity index (χ4n) is 2.34. The lowest BCUT2D eigenvalue weighted by Crippen LogP contribution is -2.38. The molecule has 1 amide bonds. The molecule has 21 heavy (non-hydrogen) atoms. The quantitative estimate of drug-likeness (QED) is 0.916. The number of nitrogens with zero attached hydrogens (tertiary/aromatic N) is 1. The molecule has 0 aromatic heterocycles. The van der Waals surface area contributed by atoms with Crippen molar-refractivity contribution in [3.05, 3.63) is 71.3 Å². The number of hydrogen-bond donors (Lipinski definition) is 1. The van der Waals surface area contributed by atoms with Crippen LogP contribution in [0.5, 0.6) is 0 Å². The molecule has 0 fully saturated rings. The Labute approximate surface area is 126 Å². The van der Waals surface area contributed by atoms with Crippen molar-refractivity contribution < 1.29 is 4.79 Å². The summed E-state index contributed by atoms with van der Waals surface area (Å²) in [6, 6.07) is 17.0. The SMILES string of the molecule is CCN(Cc1ccccc1C)C(=O)[C@@H](N)c1ccccc1. The highest BCUT2D eigenvalue weighted by Gasteiger charge is 2.21. The molecule has 2 aromatic carbocycles. The number of likely N-dealkylation sites (N-methyl/N-ethyl adjacent to an activating group) is 1. The zero-order valence-corrected chi connectivity index (χ0v) is 12.6. The van der Waals surface area contributed by atoms with E-state index >= 15 is 0 Å². The molecule has 1 atom stereocenters. The van der Waals surface area contributed by atoms with Gasteiger partial charge in [0.15, 0.2) is 0 Å². The van der Waals surface area contributed by atoms with E-state index in [1.807, 2.05) is 49.4 Å². The lowest BCUT2D eigenvalue weighted by atomic mass is 10.0. The van der Waals surface area contributed by atoms with E-state index in [-0.39, 0.29) is 5.91 Å². The highest BCUT2D eigenvalue weighted by Crippen LogP contribution is 2.16. The summed E-state index contributed by atoms with van der Waals surface area (Å²) in [5, 5.41) is 0. The number of nitrogens with two attached hydrogens (primary N) is 1. The number of carbonyl (C=O) groups is 1. The number of aryl methyl sites for hydroxylation is 1. The number of benzene rings is 2. The maximum atomic E-state index is 12.6. The zero-order chi connectivity index (χ0) is 15.2. The molecule has 0 heterocycles. The highest BCUT2D eigenvalue weighted by atomic mass is 16.2. The average Bonchev–Trinajstić information content (AvgIpc) is 2.53. The molecular formula is C18H22N2O. The molecule has 0 saturated heterocycles. The van der Waals surface area contributed by atoms with Gasteiger partial charge in [-0.25, -0.2) is 0 Å². The predicted molar refractivity (Wildman–Crippen MR) is 85.6 cm³/mol. The zero-order valence-electron chi connectivity index (χ0n) is 12.6. The van der Waals surface area contributed by atoms with Gasteiger partial charge in [-0.2, -0.15) is 0 Å². The van der Waals surface area contributed by atoms with Crippen LogP contribution in [0.25, 0.3) is 0 Å². The smallest absolute Gasteiger partial charge is 0.244 e. The van der Waals surface area contributed by atoms with E-state index in [0.717, 1.165) is 11.1 Å². The van der Waals surface area contributed by atoms with Crippen molar-refractivity contribution in [1.82, 2.24) is 4.90 Å². The van der Waals surface area contributed by atoms with E-state index in [2.05, 4.69) is 19.1 Å². The van der Waals surface area contributed by atoms with Gasteiger partial charge in [-0.15, -0.1) is 0 Å². The summed E-state index contributed by atoms with van der Waals surface area (Å²) >= 11 is 0. The van der Waals surface area contributed by atoms with Crippen molar-refractivity contribution in [3.63, 3.8) is 0 Å². The normalized spacial score (nSPS) is 12.0. The molecule has 3 nitrogen and oxygen atoms in total. The van der Waals surface area contributed by atoms with Crippen LogP contribution in [0.2, 0.25) is 0 Å². The van der Waals surface area contributed by atoms with E-state index in [1.165, 1.54) is 5.56 Å². The number of carbonyl (C=O) groups excluding carboxylic acids is 1. The third kappa shape index (κ3) is 3.70. The van der Waals surface area contributed by atoms with E-state index in [0.29, 0.717) is 13.1 Å². The average molecular weight is 282 g/mol. The van der Waals surface area contributed by atoms with Gasteiger partial charge in [0.2, 0.25) is 5.91 Å². The van der Waals surface area contributed by atoms with Gasteiger partial charge in [0, 0.05) is 13.1 Å². The molecule has 0 bridgehead atoms. The first-order chi connectivity index (χ1) is 10.1. The molecule has 0 saturated carbocycles. The van der Waals surface area contributed by atoms with Crippen LogP contribution in [0.3, 0.4) is 0 Å². The summed E-state index contributed by atoms with van der Waals surface area (Å²) in [5.74, 6) is -0.0352.